The summed E-state index contributed by atoms with van der Waals surface area (Å²) < 4.78 is 0. The number of likely N-dealkylation sites (tertiary alicyclic amines) is 1. The Labute approximate surface area is 119 Å². The van der Waals surface area contributed by atoms with Crippen molar-refractivity contribution < 1.29 is 5.11 Å². The number of hydrogen-bond donors (Lipinski definition) is 2. The van der Waals surface area contributed by atoms with Gasteiger partial charge in [0.2, 0.25) is 0 Å². The van der Waals surface area contributed by atoms with Gasteiger partial charge in [0.15, 0.2) is 0 Å². The molecule has 0 spiro atoms. The summed E-state index contributed by atoms with van der Waals surface area (Å²) in [5.74, 6) is 0.783. The number of nitrogens with zero attached hydrogens (tertiary/aromatic N) is 1. The minimum atomic E-state index is 0.0856. The Morgan fingerprint density at radius 2 is 1.89 bits per heavy atom. The van der Waals surface area contributed by atoms with Crippen LogP contribution < -0.4 is 5.32 Å². The maximum Gasteiger partial charge on any atom is 0.0482 e. The van der Waals surface area contributed by atoms with E-state index in [1.807, 2.05) is 0 Å². The zero-order valence-corrected chi connectivity index (χ0v) is 13.4. The van der Waals surface area contributed by atoms with Crippen LogP contribution in [0.3, 0.4) is 0 Å². The van der Waals surface area contributed by atoms with E-state index < -0.39 is 0 Å². The van der Waals surface area contributed by atoms with Crippen molar-refractivity contribution in [3.63, 3.8) is 0 Å². The molecule has 0 radical (unpaired) electrons. The van der Waals surface area contributed by atoms with Gasteiger partial charge in [0.1, 0.15) is 0 Å². The monoisotopic (exact) mass is 270 g/mol. The largest absolute Gasteiger partial charge is 0.396 e. The minimum Gasteiger partial charge on any atom is -0.396 e. The Morgan fingerprint density at radius 3 is 2.42 bits per heavy atom. The summed E-state index contributed by atoms with van der Waals surface area (Å²) in [5, 5.41) is 12.9. The first-order chi connectivity index (χ1) is 8.93. The summed E-state index contributed by atoms with van der Waals surface area (Å²) in [6.07, 6.45) is 4.84. The van der Waals surface area contributed by atoms with Gasteiger partial charge in [-0.15, -0.1) is 0 Å². The van der Waals surface area contributed by atoms with E-state index in [0.29, 0.717) is 12.6 Å². The maximum atomic E-state index is 9.22. The second kappa shape index (κ2) is 8.23. The molecule has 3 nitrogen and oxygen atoms in total. The third kappa shape index (κ3) is 7.28. The zero-order chi connectivity index (χ0) is 14.3. The van der Waals surface area contributed by atoms with Crippen LogP contribution in [0, 0.1) is 11.3 Å². The summed E-state index contributed by atoms with van der Waals surface area (Å²) in [7, 11) is 0. The smallest absolute Gasteiger partial charge is 0.0482 e. The molecule has 1 heterocycles. The van der Waals surface area contributed by atoms with Crippen LogP contribution in [0.15, 0.2) is 0 Å². The maximum absolute atomic E-state index is 9.22. The number of rotatable bonds is 8. The normalized spacial score (nSPS) is 19.3. The van der Waals surface area contributed by atoms with Crippen LogP contribution in [0.25, 0.3) is 0 Å². The highest BCUT2D eigenvalue weighted by Gasteiger charge is 2.20. The van der Waals surface area contributed by atoms with E-state index in [2.05, 4.69) is 37.9 Å². The molecule has 3 heteroatoms. The highest BCUT2D eigenvalue weighted by molar-refractivity contribution is 4.78. The molecule has 0 saturated carbocycles. The van der Waals surface area contributed by atoms with Crippen molar-refractivity contribution in [2.75, 3.05) is 32.8 Å². The summed E-state index contributed by atoms with van der Waals surface area (Å²) in [4.78, 5) is 2.59. The lowest BCUT2D eigenvalue weighted by molar-refractivity contribution is 0.145. The number of hydrogen-bond acceptors (Lipinski definition) is 3. The molecule has 0 aromatic carbocycles. The standard InChI is InChI=1S/C16H34N2O/c1-14(2)12-18-10-6-15(7-11-18)17-9-5-8-16(3,4)13-19/h14-15,17,19H,5-13H2,1-4H3. The van der Waals surface area contributed by atoms with E-state index in [-0.39, 0.29) is 5.41 Å². The van der Waals surface area contributed by atoms with Crippen LogP contribution in [0.1, 0.15) is 53.4 Å². The molecule has 0 aromatic heterocycles. The van der Waals surface area contributed by atoms with Gasteiger partial charge in [-0.2, -0.15) is 0 Å². The van der Waals surface area contributed by atoms with E-state index in [4.69, 9.17) is 0 Å². The first-order valence-corrected chi connectivity index (χ1v) is 7.99. The molecule has 1 aliphatic rings. The SMILES string of the molecule is CC(C)CN1CCC(NCCCC(C)(C)CO)CC1. The molecule has 1 aliphatic heterocycles. The number of piperidine rings is 1. The number of nitrogens with one attached hydrogen (secondary N) is 1. The molecule has 1 fully saturated rings. The predicted molar refractivity (Wildman–Crippen MR) is 82.4 cm³/mol. The molecule has 19 heavy (non-hydrogen) atoms. The Morgan fingerprint density at radius 1 is 1.26 bits per heavy atom. The third-order valence-electron chi connectivity index (χ3n) is 4.10. The fourth-order valence-corrected chi connectivity index (χ4v) is 2.79. The van der Waals surface area contributed by atoms with E-state index in [1.54, 1.807) is 0 Å². The van der Waals surface area contributed by atoms with Crippen molar-refractivity contribution in [1.29, 1.82) is 0 Å². The van der Waals surface area contributed by atoms with Gasteiger partial charge in [0.25, 0.3) is 0 Å². The van der Waals surface area contributed by atoms with E-state index >= 15 is 0 Å². The molecule has 0 unspecified atom stereocenters. The van der Waals surface area contributed by atoms with Crippen LogP contribution >= 0.6 is 0 Å². The van der Waals surface area contributed by atoms with Gasteiger partial charge < -0.3 is 15.3 Å². The van der Waals surface area contributed by atoms with Gasteiger partial charge in [-0.1, -0.05) is 27.7 Å². The van der Waals surface area contributed by atoms with Crippen molar-refractivity contribution in [3.05, 3.63) is 0 Å². The Kier molecular flexibility index (Phi) is 7.33. The molecular weight excluding hydrogens is 236 g/mol. The van der Waals surface area contributed by atoms with Crippen LogP contribution in [0.4, 0.5) is 0 Å². The van der Waals surface area contributed by atoms with Gasteiger partial charge >= 0.3 is 0 Å². The molecule has 2 N–H and O–H groups in total. The third-order valence-corrected chi connectivity index (χ3v) is 4.10. The lowest BCUT2D eigenvalue weighted by Crippen LogP contribution is -2.43. The average molecular weight is 270 g/mol. The van der Waals surface area contributed by atoms with Crippen molar-refractivity contribution in [3.8, 4) is 0 Å². The van der Waals surface area contributed by atoms with Crippen LogP contribution in [-0.2, 0) is 0 Å². The number of aliphatic hydroxyl groups is 1. The van der Waals surface area contributed by atoms with Gasteiger partial charge in [-0.05, 0) is 56.7 Å². The van der Waals surface area contributed by atoms with Crippen molar-refractivity contribution >= 4 is 0 Å². The molecular formula is C16H34N2O. The fraction of sp³-hybridized carbons (Fsp3) is 1.00. The molecule has 114 valence electrons. The molecule has 0 aromatic rings. The zero-order valence-electron chi connectivity index (χ0n) is 13.4. The summed E-state index contributed by atoms with van der Waals surface area (Å²) >= 11 is 0. The topological polar surface area (TPSA) is 35.5 Å². The minimum absolute atomic E-state index is 0.0856. The summed E-state index contributed by atoms with van der Waals surface area (Å²) in [6.45, 7) is 14.0. The molecule has 0 bridgehead atoms. The first kappa shape index (κ1) is 16.9. The Balaban J connectivity index is 2.07. The Hall–Kier alpha value is -0.120. The fourth-order valence-electron chi connectivity index (χ4n) is 2.79. The highest BCUT2D eigenvalue weighted by atomic mass is 16.3. The van der Waals surface area contributed by atoms with Crippen molar-refractivity contribution in [1.82, 2.24) is 10.2 Å². The lowest BCUT2D eigenvalue weighted by atomic mass is 9.89. The van der Waals surface area contributed by atoms with Crippen molar-refractivity contribution in [2.24, 2.45) is 11.3 Å². The quantitative estimate of drug-likeness (QED) is 0.665. The average Bonchev–Trinajstić information content (AvgIpc) is 2.36. The highest BCUT2D eigenvalue weighted by Crippen LogP contribution is 2.20. The molecule has 1 rings (SSSR count). The lowest BCUT2D eigenvalue weighted by Gasteiger charge is -2.33. The van der Waals surface area contributed by atoms with Gasteiger partial charge in [-0.25, -0.2) is 0 Å². The van der Waals surface area contributed by atoms with Crippen molar-refractivity contribution in [2.45, 2.75) is 59.4 Å². The summed E-state index contributed by atoms with van der Waals surface area (Å²) in [5.41, 5.74) is 0.0856. The van der Waals surface area contributed by atoms with Crippen LogP contribution in [0.2, 0.25) is 0 Å². The Bertz CT molecular complexity index is 233. The molecule has 0 atom stereocenters. The van der Waals surface area contributed by atoms with E-state index in [1.165, 1.54) is 38.9 Å². The molecule has 0 aliphatic carbocycles. The second-order valence-electron chi connectivity index (χ2n) is 7.35. The van der Waals surface area contributed by atoms with E-state index in [9.17, 15) is 5.11 Å². The first-order valence-electron chi connectivity index (χ1n) is 7.99. The number of aliphatic hydroxyl groups excluding tert-OH is 1. The molecule has 1 saturated heterocycles. The summed E-state index contributed by atoms with van der Waals surface area (Å²) in [6, 6.07) is 0.709. The molecule has 0 amide bonds. The van der Waals surface area contributed by atoms with Gasteiger partial charge in [0, 0.05) is 19.2 Å². The second-order valence-corrected chi connectivity index (χ2v) is 7.35. The van der Waals surface area contributed by atoms with Gasteiger partial charge in [-0.3, -0.25) is 0 Å². The van der Waals surface area contributed by atoms with Gasteiger partial charge in [0.05, 0.1) is 0 Å². The van der Waals surface area contributed by atoms with Crippen LogP contribution in [-0.4, -0.2) is 48.8 Å². The van der Waals surface area contributed by atoms with Crippen LogP contribution in [0.5, 0.6) is 0 Å². The predicted octanol–water partition coefficient (Wildman–Crippen LogP) is 2.50. The van der Waals surface area contributed by atoms with E-state index in [0.717, 1.165) is 18.9 Å².